The first kappa shape index (κ1) is 19.8. The first-order valence-corrected chi connectivity index (χ1v) is 10.4. The van der Waals surface area contributed by atoms with Crippen molar-refractivity contribution in [2.24, 2.45) is 0 Å². The molecule has 0 saturated heterocycles. The highest BCUT2D eigenvalue weighted by Crippen LogP contribution is 2.28. The molecule has 0 radical (unpaired) electrons. The Morgan fingerprint density at radius 3 is 2.00 bits per heavy atom. The van der Waals surface area contributed by atoms with E-state index in [9.17, 15) is 8.42 Å². The molecule has 0 N–H and O–H groups in total. The van der Waals surface area contributed by atoms with Crippen LogP contribution in [-0.2, 0) is 16.6 Å². The fourth-order valence-corrected chi connectivity index (χ4v) is 4.27. The highest BCUT2D eigenvalue weighted by Gasteiger charge is 2.25. The first-order valence-electron chi connectivity index (χ1n) is 8.98. The van der Waals surface area contributed by atoms with E-state index in [1.807, 2.05) is 37.3 Å². The van der Waals surface area contributed by atoms with Crippen LogP contribution in [0.15, 0.2) is 83.8 Å². The van der Waals surface area contributed by atoms with Crippen molar-refractivity contribution in [3.63, 3.8) is 0 Å². The number of rotatable bonds is 8. The van der Waals surface area contributed by atoms with Crippen LogP contribution in [-0.4, -0.2) is 22.1 Å². The van der Waals surface area contributed by atoms with Gasteiger partial charge >= 0.3 is 0 Å². The second-order valence-corrected chi connectivity index (χ2v) is 7.96. The van der Waals surface area contributed by atoms with Gasteiger partial charge < -0.3 is 9.47 Å². The molecule has 0 aliphatic carbocycles. The quantitative estimate of drug-likeness (QED) is 0.562. The zero-order valence-corrected chi connectivity index (χ0v) is 16.7. The molecule has 6 heteroatoms. The lowest BCUT2D eigenvalue weighted by Crippen LogP contribution is -2.30. The Labute approximate surface area is 166 Å². The summed E-state index contributed by atoms with van der Waals surface area (Å²) < 4.78 is 38.8. The lowest BCUT2D eigenvalue weighted by atomic mass is 10.2. The van der Waals surface area contributed by atoms with Gasteiger partial charge in [-0.25, -0.2) is 8.42 Å². The predicted molar refractivity (Wildman–Crippen MR) is 110 cm³/mol. The summed E-state index contributed by atoms with van der Waals surface area (Å²) in [6.45, 7) is 2.68. The highest BCUT2D eigenvalue weighted by molar-refractivity contribution is 7.92. The van der Waals surface area contributed by atoms with E-state index in [2.05, 4.69) is 0 Å². The third-order valence-corrected chi connectivity index (χ3v) is 6.04. The fraction of sp³-hybridized carbons (Fsp3) is 0.182. The van der Waals surface area contributed by atoms with Crippen LogP contribution < -0.4 is 13.8 Å². The van der Waals surface area contributed by atoms with Gasteiger partial charge in [0.25, 0.3) is 10.0 Å². The van der Waals surface area contributed by atoms with Crippen molar-refractivity contribution < 1.29 is 17.9 Å². The first-order chi connectivity index (χ1) is 13.5. The lowest BCUT2D eigenvalue weighted by molar-refractivity contribution is 0.340. The number of ether oxygens (including phenoxy) is 2. The molecule has 0 fully saturated rings. The van der Waals surface area contributed by atoms with Gasteiger partial charge in [0.1, 0.15) is 11.5 Å². The minimum atomic E-state index is -3.77. The molecule has 28 heavy (non-hydrogen) atoms. The van der Waals surface area contributed by atoms with Gasteiger partial charge in [-0.05, 0) is 61.0 Å². The van der Waals surface area contributed by atoms with Gasteiger partial charge in [0.05, 0.1) is 30.8 Å². The van der Waals surface area contributed by atoms with Gasteiger partial charge in [-0.3, -0.25) is 4.31 Å². The Morgan fingerprint density at radius 2 is 1.43 bits per heavy atom. The Morgan fingerprint density at radius 1 is 0.821 bits per heavy atom. The summed E-state index contributed by atoms with van der Waals surface area (Å²) in [5.74, 6) is 1.31. The molecule has 0 amide bonds. The molecule has 0 aromatic heterocycles. The monoisotopic (exact) mass is 397 g/mol. The molecule has 0 atom stereocenters. The van der Waals surface area contributed by atoms with Crippen LogP contribution in [0.25, 0.3) is 0 Å². The molecule has 3 aromatic carbocycles. The number of benzene rings is 3. The third kappa shape index (κ3) is 4.46. The van der Waals surface area contributed by atoms with Crippen LogP contribution >= 0.6 is 0 Å². The summed E-state index contributed by atoms with van der Waals surface area (Å²) in [7, 11) is -2.22. The average molecular weight is 397 g/mol. The van der Waals surface area contributed by atoms with Crippen LogP contribution in [0.3, 0.4) is 0 Å². The zero-order valence-electron chi connectivity index (χ0n) is 15.9. The van der Waals surface area contributed by atoms with Crippen molar-refractivity contribution in [2.45, 2.75) is 18.4 Å². The molecule has 5 nitrogen and oxygen atoms in total. The number of nitrogens with zero attached hydrogens (tertiary/aromatic N) is 1. The second-order valence-electron chi connectivity index (χ2n) is 6.10. The maximum Gasteiger partial charge on any atom is 0.264 e. The normalized spacial score (nSPS) is 11.1. The molecule has 0 unspecified atom stereocenters. The fourth-order valence-electron chi connectivity index (χ4n) is 2.81. The van der Waals surface area contributed by atoms with Crippen molar-refractivity contribution in [1.29, 1.82) is 0 Å². The summed E-state index contributed by atoms with van der Waals surface area (Å²) in [4.78, 5) is 0.207. The number of hydrogen-bond donors (Lipinski definition) is 0. The van der Waals surface area contributed by atoms with Crippen LogP contribution in [0.1, 0.15) is 12.5 Å². The van der Waals surface area contributed by atoms with Gasteiger partial charge in [0.15, 0.2) is 0 Å². The summed E-state index contributed by atoms with van der Waals surface area (Å²) in [6.07, 6.45) is 0. The van der Waals surface area contributed by atoms with E-state index in [1.165, 1.54) is 4.31 Å². The van der Waals surface area contributed by atoms with E-state index in [-0.39, 0.29) is 11.4 Å². The minimum absolute atomic E-state index is 0.207. The molecule has 0 saturated carbocycles. The number of methoxy groups -OCH3 is 1. The molecule has 146 valence electrons. The maximum absolute atomic E-state index is 13.4. The van der Waals surface area contributed by atoms with E-state index < -0.39 is 10.0 Å². The van der Waals surface area contributed by atoms with Crippen molar-refractivity contribution in [3.8, 4) is 11.5 Å². The maximum atomic E-state index is 13.4. The topological polar surface area (TPSA) is 55.8 Å². The second kappa shape index (κ2) is 8.80. The summed E-state index contributed by atoms with van der Waals surface area (Å²) in [5.41, 5.74) is 1.47. The zero-order chi connectivity index (χ0) is 20.0. The van der Waals surface area contributed by atoms with Crippen molar-refractivity contribution in [1.82, 2.24) is 0 Å². The lowest BCUT2D eigenvalue weighted by Gasteiger charge is -2.25. The molecule has 0 aliphatic heterocycles. The third-order valence-electron chi connectivity index (χ3n) is 4.25. The Hall–Kier alpha value is -2.99. The molecular formula is C22H23NO4S. The predicted octanol–water partition coefficient (Wildman–Crippen LogP) is 4.49. The number of anilines is 1. The minimum Gasteiger partial charge on any atom is -0.497 e. The highest BCUT2D eigenvalue weighted by atomic mass is 32.2. The largest absolute Gasteiger partial charge is 0.497 e. The summed E-state index contributed by atoms with van der Waals surface area (Å²) >= 11 is 0. The van der Waals surface area contributed by atoms with Gasteiger partial charge in [-0.1, -0.05) is 30.3 Å². The van der Waals surface area contributed by atoms with E-state index in [0.717, 1.165) is 5.56 Å². The van der Waals surface area contributed by atoms with Gasteiger partial charge in [0.2, 0.25) is 0 Å². The molecule has 0 bridgehead atoms. The van der Waals surface area contributed by atoms with E-state index in [0.29, 0.717) is 23.8 Å². The Bertz CT molecular complexity index is 985. The number of sulfonamides is 1. The molecule has 0 heterocycles. The average Bonchev–Trinajstić information content (AvgIpc) is 2.74. The van der Waals surface area contributed by atoms with E-state index in [4.69, 9.17) is 9.47 Å². The molecule has 0 spiro atoms. The van der Waals surface area contributed by atoms with Gasteiger partial charge in [-0.2, -0.15) is 0 Å². The van der Waals surface area contributed by atoms with Crippen molar-refractivity contribution >= 4 is 15.7 Å². The number of hydrogen-bond acceptors (Lipinski definition) is 4. The van der Waals surface area contributed by atoms with Crippen LogP contribution in [0, 0.1) is 0 Å². The van der Waals surface area contributed by atoms with Crippen LogP contribution in [0.4, 0.5) is 5.69 Å². The van der Waals surface area contributed by atoms with Crippen LogP contribution in [0.5, 0.6) is 11.5 Å². The van der Waals surface area contributed by atoms with Crippen molar-refractivity contribution in [2.75, 3.05) is 18.0 Å². The Kier molecular flexibility index (Phi) is 6.21. The van der Waals surface area contributed by atoms with Crippen LogP contribution in [0.2, 0.25) is 0 Å². The Balaban J connectivity index is 2.01. The summed E-state index contributed by atoms with van der Waals surface area (Å²) in [6, 6.07) is 23.0. The SMILES string of the molecule is CCOc1ccc(N(Cc2ccccc2)S(=O)(=O)c2ccc(OC)cc2)cc1. The molecular weight excluding hydrogens is 374 g/mol. The van der Waals surface area contributed by atoms with Crippen molar-refractivity contribution in [3.05, 3.63) is 84.4 Å². The standard InChI is InChI=1S/C22H23NO4S/c1-3-27-21-11-9-19(10-12-21)23(17-18-7-5-4-6-8-18)28(24,25)22-15-13-20(26-2)14-16-22/h4-16H,3,17H2,1-2H3. The van der Waals surface area contributed by atoms with Gasteiger partial charge in [0, 0.05) is 0 Å². The van der Waals surface area contributed by atoms with E-state index in [1.54, 1.807) is 55.6 Å². The molecule has 0 aliphatic rings. The molecule has 3 rings (SSSR count). The van der Waals surface area contributed by atoms with E-state index >= 15 is 0 Å². The summed E-state index contributed by atoms with van der Waals surface area (Å²) in [5, 5.41) is 0. The van der Waals surface area contributed by atoms with Gasteiger partial charge in [-0.15, -0.1) is 0 Å². The smallest absolute Gasteiger partial charge is 0.264 e. The molecule has 3 aromatic rings.